The minimum absolute atomic E-state index is 0.0508. The Bertz CT molecular complexity index is 1250. The maximum atomic E-state index is 12.7. The van der Waals surface area contributed by atoms with Crippen LogP contribution in [0, 0.1) is 0 Å². The minimum atomic E-state index is -0.0527. The Hall–Kier alpha value is -4.00. The van der Waals surface area contributed by atoms with Crippen molar-refractivity contribution in [2.24, 2.45) is 0 Å². The molecule has 0 saturated heterocycles. The monoisotopic (exact) mass is 410 g/mol. The van der Waals surface area contributed by atoms with Crippen LogP contribution < -0.4 is 5.32 Å². The van der Waals surface area contributed by atoms with E-state index in [4.69, 9.17) is 0 Å². The highest BCUT2D eigenvalue weighted by atomic mass is 16.1. The molecule has 154 valence electrons. The van der Waals surface area contributed by atoms with Crippen molar-refractivity contribution >= 4 is 16.8 Å². The van der Waals surface area contributed by atoms with E-state index in [0.29, 0.717) is 17.9 Å². The third-order valence-electron chi connectivity index (χ3n) is 5.52. The highest BCUT2D eigenvalue weighted by Crippen LogP contribution is 2.32. The number of nitrogens with zero attached hydrogens (tertiary/aromatic N) is 3. The molecule has 0 fully saturated rings. The van der Waals surface area contributed by atoms with Gasteiger partial charge in [0.05, 0.1) is 11.2 Å². The SMILES string of the molecule is O=C(NCCc1ccccc1)C1=CC(c2[nH]nc3ccc(-c4ncn[nH]4)cc23)CC=C1. The third kappa shape index (κ3) is 4.02. The van der Waals surface area contributed by atoms with Crippen LogP contribution in [0.1, 0.15) is 23.6 Å². The number of carbonyl (C=O) groups is 1. The van der Waals surface area contributed by atoms with Gasteiger partial charge in [0.15, 0.2) is 5.82 Å². The van der Waals surface area contributed by atoms with Crippen LogP contribution in [0.2, 0.25) is 0 Å². The molecule has 7 heteroatoms. The van der Waals surface area contributed by atoms with Crippen molar-refractivity contribution in [1.82, 2.24) is 30.7 Å². The quantitative estimate of drug-likeness (QED) is 0.451. The van der Waals surface area contributed by atoms with E-state index in [9.17, 15) is 4.79 Å². The van der Waals surface area contributed by atoms with Gasteiger partial charge in [-0.15, -0.1) is 0 Å². The van der Waals surface area contributed by atoms with Crippen molar-refractivity contribution in [2.45, 2.75) is 18.8 Å². The highest BCUT2D eigenvalue weighted by Gasteiger charge is 2.20. The summed E-state index contributed by atoms with van der Waals surface area (Å²) in [5, 5.41) is 18.5. The fourth-order valence-electron chi connectivity index (χ4n) is 3.91. The Kier molecular flexibility index (Phi) is 5.14. The number of carbonyl (C=O) groups excluding carboxylic acids is 1. The number of amides is 1. The fourth-order valence-corrected chi connectivity index (χ4v) is 3.91. The number of aromatic nitrogens is 5. The van der Waals surface area contributed by atoms with E-state index < -0.39 is 0 Å². The first kappa shape index (κ1) is 19.0. The van der Waals surface area contributed by atoms with Crippen molar-refractivity contribution in [3.63, 3.8) is 0 Å². The predicted molar refractivity (Wildman–Crippen MR) is 119 cm³/mol. The molecule has 2 heterocycles. The molecule has 0 spiro atoms. The zero-order valence-electron chi connectivity index (χ0n) is 16.9. The molecule has 0 radical (unpaired) electrons. The number of H-pyrrole nitrogens is 2. The Balaban J connectivity index is 1.33. The topological polar surface area (TPSA) is 99.3 Å². The van der Waals surface area contributed by atoms with Crippen LogP contribution >= 0.6 is 0 Å². The molecule has 3 N–H and O–H groups in total. The van der Waals surface area contributed by atoms with Gasteiger partial charge in [0.2, 0.25) is 0 Å². The summed E-state index contributed by atoms with van der Waals surface area (Å²) in [6.07, 6.45) is 9.07. The van der Waals surface area contributed by atoms with Crippen LogP contribution in [0.15, 0.2) is 78.7 Å². The average Bonchev–Trinajstić information content (AvgIpc) is 3.50. The summed E-state index contributed by atoms with van der Waals surface area (Å²) < 4.78 is 0. The Morgan fingerprint density at radius 1 is 1.13 bits per heavy atom. The summed E-state index contributed by atoms with van der Waals surface area (Å²) in [5.41, 5.74) is 4.71. The molecule has 5 rings (SSSR count). The summed E-state index contributed by atoms with van der Waals surface area (Å²) in [6.45, 7) is 0.603. The van der Waals surface area contributed by atoms with Crippen molar-refractivity contribution in [3.05, 3.63) is 89.9 Å². The molecule has 2 aromatic heterocycles. The van der Waals surface area contributed by atoms with E-state index in [1.807, 2.05) is 48.6 Å². The molecular weight excluding hydrogens is 388 g/mol. The van der Waals surface area contributed by atoms with Crippen LogP contribution in [0.5, 0.6) is 0 Å². The summed E-state index contributed by atoms with van der Waals surface area (Å²) in [6, 6.07) is 16.1. The number of fused-ring (bicyclic) bond motifs is 1. The average molecular weight is 410 g/mol. The molecule has 1 amide bonds. The molecule has 0 saturated carbocycles. The van der Waals surface area contributed by atoms with Gasteiger partial charge in [-0.2, -0.15) is 10.2 Å². The zero-order valence-corrected chi connectivity index (χ0v) is 16.9. The summed E-state index contributed by atoms with van der Waals surface area (Å²) in [5.74, 6) is 0.713. The standard InChI is InChI=1S/C24H22N6O/c31-24(25-12-11-16-5-2-1-3-6-16)19-8-4-7-17(13-19)22-20-14-18(23-26-15-27-30-23)9-10-21(20)28-29-22/h1-6,8-10,13-15,17H,7,11-12H2,(H,25,31)(H,28,29)(H,26,27,30). The second-order valence-corrected chi connectivity index (χ2v) is 7.56. The lowest BCUT2D eigenvalue weighted by molar-refractivity contribution is -0.117. The molecule has 0 bridgehead atoms. The van der Waals surface area contributed by atoms with Crippen molar-refractivity contribution in [3.8, 4) is 11.4 Å². The third-order valence-corrected chi connectivity index (χ3v) is 5.52. The fraction of sp³-hybridized carbons (Fsp3) is 0.167. The first-order valence-electron chi connectivity index (χ1n) is 10.3. The molecule has 0 aliphatic heterocycles. The zero-order chi connectivity index (χ0) is 21.0. The van der Waals surface area contributed by atoms with Gasteiger partial charge in [-0.25, -0.2) is 4.98 Å². The van der Waals surface area contributed by atoms with Gasteiger partial charge in [0.25, 0.3) is 5.91 Å². The molecule has 1 aliphatic rings. The van der Waals surface area contributed by atoms with E-state index in [2.05, 4.69) is 48.9 Å². The number of hydrogen-bond donors (Lipinski definition) is 3. The Morgan fingerprint density at radius 2 is 2.03 bits per heavy atom. The summed E-state index contributed by atoms with van der Waals surface area (Å²) in [7, 11) is 0. The second kappa shape index (κ2) is 8.39. The highest BCUT2D eigenvalue weighted by molar-refractivity contribution is 5.96. The Labute approximate surface area is 179 Å². The van der Waals surface area contributed by atoms with Gasteiger partial charge >= 0.3 is 0 Å². The number of benzene rings is 2. The van der Waals surface area contributed by atoms with Gasteiger partial charge in [0, 0.05) is 29.0 Å². The van der Waals surface area contributed by atoms with Crippen molar-refractivity contribution in [1.29, 1.82) is 0 Å². The maximum absolute atomic E-state index is 12.7. The first-order chi connectivity index (χ1) is 15.3. The number of nitrogens with one attached hydrogen (secondary N) is 3. The lowest BCUT2D eigenvalue weighted by Crippen LogP contribution is -2.27. The smallest absolute Gasteiger partial charge is 0.250 e. The predicted octanol–water partition coefficient (Wildman–Crippen LogP) is 3.68. The van der Waals surface area contributed by atoms with Gasteiger partial charge in [-0.05, 0) is 36.6 Å². The molecule has 31 heavy (non-hydrogen) atoms. The van der Waals surface area contributed by atoms with E-state index in [0.717, 1.165) is 35.0 Å². The normalized spacial score (nSPS) is 15.7. The van der Waals surface area contributed by atoms with Crippen molar-refractivity contribution < 1.29 is 4.79 Å². The van der Waals surface area contributed by atoms with Crippen LogP contribution in [-0.2, 0) is 11.2 Å². The van der Waals surface area contributed by atoms with E-state index in [1.54, 1.807) is 0 Å². The minimum Gasteiger partial charge on any atom is -0.352 e. The lowest BCUT2D eigenvalue weighted by Gasteiger charge is -2.16. The van der Waals surface area contributed by atoms with Crippen molar-refractivity contribution in [2.75, 3.05) is 6.54 Å². The number of aromatic amines is 2. The van der Waals surface area contributed by atoms with Crippen LogP contribution in [0.25, 0.3) is 22.3 Å². The lowest BCUT2D eigenvalue weighted by atomic mass is 9.91. The first-order valence-corrected chi connectivity index (χ1v) is 10.3. The maximum Gasteiger partial charge on any atom is 0.250 e. The molecule has 7 nitrogen and oxygen atoms in total. The molecular formula is C24H22N6O. The molecule has 2 aromatic carbocycles. The van der Waals surface area contributed by atoms with Gasteiger partial charge in [-0.1, -0.05) is 48.6 Å². The van der Waals surface area contributed by atoms with E-state index in [1.165, 1.54) is 11.9 Å². The number of rotatable bonds is 6. The van der Waals surface area contributed by atoms with Gasteiger partial charge < -0.3 is 5.32 Å². The van der Waals surface area contributed by atoms with Crippen LogP contribution in [0.3, 0.4) is 0 Å². The van der Waals surface area contributed by atoms with Gasteiger partial charge in [-0.3, -0.25) is 15.0 Å². The van der Waals surface area contributed by atoms with Crippen LogP contribution in [0.4, 0.5) is 0 Å². The molecule has 4 aromatic rings. The summed E-state index contributed by atoms with van der Waals surface area (Å²) >= 11 is 0. The molecule has 1 atom stereocenters. The largest absolute Gasteiger partial charge is 0.352 e. The molecule has 1 unspecified atom stereocenters. The van der Waals surface area contributed by atoms with Gasteiger partial charge in [0.1, 0.15) is 6.33 Å². The Morgan fingerprint density at radius 3 is 2.87 bits per heavy atom. The number of allylic oxidation sites excluding steroid dienone is 2. The number of hydrogen-bond acceptors (Lipinski definition) is 4. The van der Waals surface area contributed by atoms with E-state index >= 15 is 0 Å². The van der Waals surface area contributed by atoms with Crippen LogP contribution in [-0.4, -0.2) is 37.8 Å². The second-order valence-electron chi connectivity index (χ2n) is 7.56. The molecule has 1 aliphatic carbocycles. The summed E-state index contributed by atoms with van der Waals surface area (Å²) in [4.78, 5) is 16.9. The van der Waals surface area contributed by atoms with E-state index in [-0.39, 0.29) is 11.8 Å².